The van der Waals surface area contributed by atoms with Crippen LogP contribution in [0.4, 0.5) is 5.82 Å². The molecular formula is C18H18ClN3O5. The highest BCUT2D eigenvalue weighted by Gasteiger charge is 2.36. The smallest absolute Gasteiger partial charge is 0.312 e. The number of pyridine rings is 1. The zero-order valence-electron chi connectivity index (χ0n) is 14.6. The summed E-state index contributed by atoms with van der Waals surface area (Å²) in [5.41, 5.74) is 0. The Morgan fingerprint density at radius 3 is 2.93 bits per heavy atom. The van der Waals surface area contributed by atoms with E-state index in [9.17, 15) is 14.4 Å². The monoisotopic (exact) mass is 391 g/mol. The number of hydrogen-bond acceptors (Lipinski definition) is 6. The van der Waals surface area contributed by atoms with Gasteiger partial charge in [-0.15, -0.1) is 0 Å². The molecule has 1 aliphatic heterocycles. The van der Waals surface area contributed by atoms with Crippen LogP contribution in [0.3, 0.4) is 0 Å². The van der Waals surface area contributed by atoms with Crippen LogP contribution in [-0.2, 0) is 25.7 Å². The van der Waals surface area contributed by atoms with Crippen molar-refractivity contribution in [2.24, 2.45) is 5.92 Å². The predicted molar refractivity (Wildman–Crippen MR) is 95.7 cm³/mol. The highest BCUT2D eigenvalue weighted by Crippen LogP contribution is 2.22. The summed E-state index contributed by atoms with van der Waals surface area (Å²) in [4.78, 5) is 42.0. The Kier molecular flexibility index (Phi) is 5.75. The zero-order valence-corrected chi connectivity index (χ0v) is 15.3. The fraction of sp³-hybridized carbons (Fsp3) is 0.333. The lowest BCUT2D eigenvalue weighted by Gasteiger charge is -2.17. The van der Waals surface area contributed by atoms with Gasteiger partial charge in [-0.25, -0.2) is 4.98 Å². The normalized spacial score (nSPS) is 17.6. The SMILES string of the molecule is C[C@H](OC(=O)[C@@H]1CC(=O)N(Cc2ccco2)C1)C(=O)Nc1ccc(Cl)cn1. The van der Waals surface area contributed by atoms with Crippen LogP contribution in [-0.4, -0.2) is 40.3 Å². The van der Waals surface area contributed by atoms with Crippen molar-refractivity contribution in [3.8, 4) is 0 Å². The van der Waals surface area contributed by atoms with Gasteiger partial charge in [0.2, 0.25) is 5.91 Å². The molecule has 2 atom stereocenters. The highest BCUT2D eigenvalue weighted by atomic mass is 35.5. The minimum Gasteiger partial charge on any atom is -0.467 e. The Bertz CT molecular complexity index is 822. The number of nitrogens with one attached hydrogen (secondary N) is 1. The molecule has 0 aromatic carbocycles. The summed E-state index contributed by atoms with van der Waals surface area (Å²) < 4.78 is 10.4. The van der Waals surface area contributed by atoms with E-state index in [-0.39, 0.29) is 18.9 Å². The van der Waals surface area contributed by atoms with E-state index in [1.165, 1.54) is 30.4 Å². The maximum Gasteiger partial charge on any atom is 0.312 e. The van der Waals surface area contributed by atoms with Crippen molar-refractivity contribution in [3.63, 3.8) is 0 Å². The molecule has 142 valence electrons. The lowest BCUT2D eigenvalue weighted by atomic mass is 10.1. The predicted octanol–water partition coefficient (Wildman–Crippen LogP) is 2.25. The number of furan rings is 1. The first-order valence-electron chi connectivity index (χ1n) is 8.35. The molecule has 0 unspecified atom stereocenters. The molecule has 9 heteroatoms. The van der Waals surface area contributed by atoms with E-state index in [1.807, 2.05) is 0 Å². The van der Waals surface area contributed by atoms with E-state index < -0.39 is 23.9 Å². The van der Waals surface area contributed by atoms with Crippen LogP contribution in [0.25, 0.3) is 0 Å². The van der Waals surface area contributed by atoms with Gasteiger partial charge in [-0.2, -0.15) is 0 Å². The number of likely N-dealkylation sites (tertiary alicyclic amines) is 1. The quantitative estimate of drug-likeness (QED) is 0.758. The summed E-state index contributed by atoms with van der Waals surface area (Å²) in [6.07, 6.45) is 1.94. The van der Waals surface area contributed by atoms with Gasteiger partial charge in [0.1, 0.15) is 11.6 Å². The van der Waals surface area contributed by atoms with Crippen molar-refractivity contribution < 1.29 is 23.5 Å². The molecule has 1 fully saturated rings. The van der Waals surface area contributed by atoms with Crippen molar-refractivity contribution in [2.75, 3.05) is 11.9 Å². The first kappa shape index (κ1) is 18.9. The third-order valence-corrected chi connectivity index (χ3v) is 4.34. The number of rotatable bonds is 6. The molecule has 1 N–H and O–H groups in total. The number of carbonyl (C=O) groups excluding carboxylic acids is 3. The molecule has 0 spiro atoms. The maximum atomic E-state index is 12.3. The average molecular weight is 392 g/mol. The number of nitrogens with zero attached hydrogens (tertiary/aromatic N) is 2. The van der Waals surface area contributed by atoms with Crippen molar-refractivity contribution >= 4 is 35.2 Å². The summed E-state index contributed by atoms with van der Waals surface area (Å²) in [7, 11) is 0. The van der Waals surface area contributed by atoms with Crippen molar-refractivity contribution in [1.29, 1.82) is 0 Å². The second-order valence-corrected chi connectivity index (χ2v) is 6.62. The molecule has 27 heavy (non-hydrogen) atoms. The Morgan fingerprint density at radius 1 is 1.44 bits per heavy atom. The van der Waals surface area contributed by atoms with Crippen LogP contribution in [0.2, 0.25) is 5.02 Å². The summed E-state index contributed by atoms with van der Waals surface area (Å²) in [5, 5.41) is 2.98. The summed E-state index contributed by atoms with van der Waals surface area (Å²) >= 11 is 5.74. The van der Waals surface area contributed by atoms with Crippen LogP contribution >= 0.6 is 11.6 Å². The zero-order chi connectivity index (χ0) is 19.4. The van der Waals surface area contributed by atoms with Gasteiger partial charge in [-0.05, 0) is 31.2 Å². The second-order valence-electron chi connectivity index (χ2n) is 6.18. The van der Waals surface area contributed by atoms with Crippen molar-refractivity contribution in [3.05, 3.63) is 47.5 Å². The van der Waals surface area contributed by atoms with Gasteiger partial charge in [0.15, 0.2) is 6.10 Å². The van der Waals surface area contributed by atoms with Crippen molar-refractivity contribution in [2.45, 2.75) is 26.0 Å². The molecular weight excluding hydrogens is 374 g/mol. The number of halogens is 1. The minimum atomic E-state index is -1.02. The molecule has 2 aromatic heterocycles. The van der Waals surface area contributed by atoms with Gasteiger partial charge < -0.3 is 19.4 Å². The Labute approximate surface area is 160 Å². The van der Waals surface area contributed by atoms with Gasteiger partial charge in [-0.1, -0.05) is 11.6 Å². The number of ether oxygens (including phenoxy) is 1. The van der Waals surface area contributed by atoms with E-state index in [0.29, 0.717) is 23.1 Å². The first-order valence-corrected chi connectivity index (χ1v) is 8.73. The third kappa shape index (κ3) is 4.85. The Hall–Kier alpha value is -2.87. The number of anilines is 1. The van der Waals surface area contributed by atoms with Gasteiger partial charge in [-0.3, -0.25) is 14.4 Å². The number of amides is 2. The maximum absolute atomic E-state index is 12.3. The van der Waals surface area contributed by atoms with Crippen LogP contribution in [0.1, 0.15) is 19.1 Å². The number of esters is 1. The molecule has 1 saturated heterocycles. The molecule has 1 aliphatic rings. The molecule has 0 saturated carbocycles. The van der Waals surface area contributed by atoms with E-state index in [4.69, 9.17) is 20.8 Å². The summed E-state index contributed by atoms with van der Waals surface area (Å²) in [6, 6.07) is 6.61. The molecule has 0 radical (unpaired) electrons. The Morgan fingerprint density at radius 2 is 2.26 bits per heavy atom. The van der Waals surface area contributed by atoms with Crippen LogP contribution in [0.15, 0.2) is 41.1 Å². The molecule has 2 aromatic rings. The van der Waals surface area contributed by atoms with Gasteiger partial charge >= 0.3 is 5.97 Å². The Balaban J connectivity index is 1.51. The summed E-state index contributed by atoms with van der Waals surface area (Å²) in [5.74, 6) is -0.937. The highest BCUT2D eigenvalue weighted by molar-refractivity contribution is 6.30. The molecule has 2 amide bonds. The van der Waals surface area contributed by atoms with Crippen LogP contribution in [0.5, 0.6) is 0 Å². The molecule has 0 aliphatic carbocycles. The first-order chi connectivity index (χ1) is 12.9. The number of carbonyl (C=O) groups is 3. The lowest BCUT2D eigenvalue weighted by Crippen LogP contribution is -2.33. The second kappa shape index (κ2) is 8.22. The molecule has 0 bridgehead atoms. The van der Waals surface area contributed by atoms with Gasteiger partial charge in [0.25, 0.3) is 5.91 Å². The van der Waals surface area contributed by atoms with Crippen LogP contribution < -0.4 is 5.32 Å². The van der Waals surface area contributed by atoms with E-state index >= 15 is 0 Å². The molecule has 3 heterocycles. The number of hydrogen-bond donors (Lipinski definition) is 1. The van der Waals surface area contributed by atoms with Gasteiger partial charge in [0.05, 0.1) is 23.7 Å². The minimum absolute atomic E-state index is 0.0482. The van der Waals surface area contributed by atoms with E-state index in [1.54, 1.807) is 18.2 Å². The van der Waals surface area contributed by atoms with Crippen LogP contribution in [0, 0.1) is 5.92 Å². The average Bonchev–Trinajstić information content (AvgIpc) is 3.27. The fourth-order valence-corrected chi connectivity index (χ4v) is 2.79. The topological polar surface area (TPSA) is 102 Å². The lowest BCUT2D eigenvalue weighted by molar-refractivity contribution is -0.157. The molecule has 8 nitrogen and oxygen atoms in total. The third-order valence-electron chi connectivity index (χ3n) is 4.12. The van der Waals surface area contributed by atoms with Crippen molar-refractivity contribution in [1.82, 2.24) is 9.88 Å². The standard InChI is InChI=1S/C18H18ClN3O5/c1-11(17(24)21-15-5-4-13(19)8-20-15)27-18(25)12-7-16(23)22(9-12)10-14-3-2-6-26-14/h2-6,8,11-12H,7,9-10H2,1H3,(H,20,21,24)/t11-,12+/m0/s1. The number of aromatic nitrogens is 1. The van der Waals surface area contributed by atoms with E-state index in [2.05, 4.69) is 10.3 Å². The summed E-state index contributed by atoms with van der Waals surface area (Å²) in [6.45, 7) is 1.99. The largest absolute Gasteiger partial charge is 0.467 e. The fourth-order valence-electron chi connectivity index (χ4n) is 2.68. The van der Waals surface area contributed by atoms with Gasteiger partial charge in [0, 0.05) is 19.2 Å². The molecule has 3 rings (SSSR count). The van der Waals surface area contributed by atoms with E-state index in [0.717, 1.165) is 0 Å².